The SMILES string of the molecule is CCCCOC1=NN(SC)C(OCCCC)S1. The number of nitrogens with zero attached hydrogens (tertiary/aromatic N) is 2. The number of thioether (sulfide) groups is 1. The fourth-order valence-electron chi connectivity index (χ4n) is 1.20. The van der Waals surface area contributed by atoms with Gasteiger partial charge in [0.05, 0.1) is 13.2 Å². The zero-order valence-electron chi connectivity index (χ0n) is 10.8. The molecule has 0 aromatic rings. The van der Waals surface area contributed by atoms with Crippen molar-refractivity contribution in [1.29, 1.82) is 0 Å². The van der Waals surface area contributed by atoms with E-state index < -0.39 is 0 Å². The molecule has 0 amide bonds. The van der Waals surface area contributed by atoms with Crippen LogP contribution in [-0.2, 0) is 9.47 Å². The van der Waals surface area contributed by atoms with E-state index in [4.69, 9.17) is 9.47 Å². The van der Waals surface area contributed by atoms with Gasteiger partial charge in [-0.1, -0.05) is 26.7 Å². The van der Waals surface area contributed by atoms with E-state index in [9.17, 15) is 0 Å². The molecule has 0 spiro atoms. The zero-order chi connectivity index (χ0) is 12.5. The van der Waals surface area contributed by atoms with E-state index in [1.165, 1.54) is 0 Å². The molecule has 4 nitrogen and oxygen atoms in total. The summed E-state index contributed by atoms with van der Waals surface area (Å²) in [5.41, 5.74) is -0.0341. The highest BCUT2D eigenvalue weighted by atomic mass is 32.2. The van der Waals surface area contributed by atoms with Crippen LogP contribution in [0.3, 0.4) is 0 Å². The maximum absolute atomic E-state index is 5.76. The van der Waals surface area contributed by atoms with E-state index in [0.717, 1.165) is 44.1 Å². The smallest absolute Gasteiger partial charge is 0.272 e. The van der Waals surface area contributed by atoms with Crippen LogP contribution >= 0.6 is 23.7 Å². The summed E-state index contributed by atoms with van der Waals surface area (Å²) in [4.78, 5) is 0. The predicted octanol–water partition coefficient (Wildman–Crippen LogP) is 3.50. The Morgan fingerprint density at radius 1 is 1.29 bits per heavy atom. The molecular formula is C11H22N2O2S2. The first-order valence-electron chi connectivity index (χ1n) is 6.14. The molecule has 1 heterocycles. The first-order chi connectivity index (χ1) is 8.31. The normalized spacial score (nSPS) is 19.6. The lowest BCUT2D eigenvalue weighted by Crippen LogP contribution is -2.21. The van der Waals surface area contributed by atoms with Crippen LogP contribution in [-0.4, -0.2) is 34.7 Å². The number of rotatable bonds is 8. The lowest BCUT2D eigenvalue weighted by molar-refractivity contribution is 0.0515. The second-order valence-corrected chi connectivity index (χ2v) is 5.43. The molecule has 0 aliphatic carbocycles. The molecule has 6 heteroatoms. The second-order valence-electron chi connectivity index (χ2n) is 3.70. The Labute approximate surface area is 113 Å². The van der Waals surface area contributed by atoms with Crippen molar-refractivity contribution < 1.29 is 9.47 Å². The fraction of sp³-hybridized carbons (Fsp3) is 0.909. The summed E-state index contributed by atoms with van der Waals surface area (Å²) in [6, 6.07) is 0. The minimum Gasteiger partial charge on any atom is -0.472 e. The Bertz CT molecular complexity index is 240. The van der Waals surface area contributed by atoms with Crippen molar-refractivity contribution in [1.82, 2.24) is 4.41 Å². The molecule has 0 saturated carbocycles. The average molecular weight is 278 g/mol. The van der Waals surface area contributed by atoms with Gasteiger partial charge in [-0.25, -0.2) is 0 Å². The molecule has 100 valence electrons. The Morgan fingerprint density at radius 2 is 2.00 bits per heavy atom. The van der Waals surface area contributed by atoms with E-state index >= 15 is 0 Å². The van der Waals surface area contributed by atoms with Crippen molar-refractivity contribution in [3.63, 3.8) is 0 Å². The van der Waals surface area contributed by atoms with Gasteiger partial charge in [-0.05, 0) is 36.6 Å². The number of ether oxygens (including phenoxy) is 2. The lowest BCUT2D eigenvalue weighted by atomic mass is 10.4. The molecule has 0 aromatic carbocycles. The largest absolute Gasteiger partial charge is 0.472 e. The minimum atomic E-state index is -0.0341. The average Bonchev–Trinajstić information content (AvgIpc) is 2.72. The lowest BCUT2D eigenvalue weighted by Gasteiger charge is -2.18. The van der Waals surface area contributed by atoms with E-state index in [1.54, 1.807) is 23.7 Å². The van der Waals surface area contributed by atoms with Gasteiger partial charge in [0.25, 0.3) is 5.23 Å². The van der Waals surface area contributed by atoms with Gasteiger partial charge in [0.1, 0.15) is 0 Å². The molecule has 1 rings (SSSR count). The number of hydrazone groups is 1. The molecule has 0 bridgehead atoms. The number of hydrogen-bond acceptors (Lipinski definition) is 6. The third kappa shape index (κ3) is 5.40. The van der Waals surface area contributed by atoms with Crippen LogP contribution in [0.5, 0.6) is 0 Å². The summed E-state index contributed by atoms with van der Waals surface area (Å²) >= 11 is 3.12. The van der Waals surface area contributed by atoms with Crippen molar-refractivity contribution in [2.75, 3.05) is 19.5 Å². The van der Waals surface area contributed by atoms with Gasteiger partial charge < -0.3 is 9.47 Å². The summed E-state index contributed by atoms with van der Waals surface area (Å²) in [6.45, 7) is 5.83. The Morgan fingerprint density at radius 3 is 2.65 bits per heavy atom. The van der Waals surface area contributed by atoms with Gasteiger partial charge in [0, 0.05) is 6.26 Å². The highest BCUT2D eigenvalue weighted by Crippen LogP contribution is 2.32. The second kappa shape index (κ2) is 8.94. The molecule has 0 N–H and O–H groups in total. The van der Waals surface area contributed by atoms with Gasteiger partial charge in [-0.2, -0.15) is 4.41 Å². The van der Waals surface area contributed by atoms with Crippen LogP contribution in [0.1, 0.15) is 39.5 Å². The van der Waals surface area contributed by atoms with Crippen LogP contribution in [0.4, 0.5) is 0 Å². The van der Waals surface area contributed by atoms with Crippen molar-refractivity contribution in [2.24, 2.45) is 5.10 Å². The van der Waals surface area contributed by atoms with E-state index in [0.29, 0.717) is 0 Å². The van der Waals surface area contributed by atoms with E-state index in [1.807, 2.05) is 10.7 Å². The molecule has 0 saturated heterocycles. The van der Waals surface area contributed by atoms with Crippen LogP contribution in [0.25, 0.3) is 0 Å². The Hall–Kier alpha value is -0.0700. The molecular weight excluding hydrogens is 256 g/mol. The Kier molecular flexibility index (Phi) is 7.88. The minimum absolute atomic E-state index is 0.0341. The highest BCUT2D eigenvalue weighted by Gasteiger charge is 2.29. The third-order valence-electron chi connectivity index (χ3n) is 2.23. The molecule has 1 unspecified atom stereocenters. The summed E-state index contributed by atoms with van der Waals surface area (Å²) in [7, 11) is 0. The Balaban J connectivity index is 2.29. The van der Waals surface area contributed by atoms with Crippen molar-refractivity contribution in [3.8, 4) is 0 Å². The molecule has 0 radical (unpaired) electrons. The van der Waals surface area contributed by atoms with Crippen LogP contribution in [0, 0.1) is 0 Å². The molecule has 17 heavy (non-hydrogen) atoms. The van der Waals surface area contributed by atoms with Crippen molar-refractivity contribution >= 4 is 28.9 Å². The standard InChI is InChI=1S/C11H22N2O2S2/c1-4-6-8-14-10-12-13(16-3)11(17-10)15-9-7-5-2/h11H,4-9H2,1-3H3. The number of unbranched alkanes of at least 4 members (excludes halogenated alkanes) is 2. The van der Waals surface area contributed by atoms with Crippen LogP contribution in [0.15, 0.2) is 5.10 Å². The summed E-state index contributed by atoms with van der Waals surface area (Å²) < 4.78 is 13.2. The van der Waals surface area contributed by atoms with Crippen molar-refractivity contribution in [2.45, 2.75) is 45.1 Å². The molecule has 0 aromatic heterocycles. The van der Waals surface area contributed by atoms with Crippen molar-refractivity contribution in [3.05, 3.63) is 0 Å². The third-order valence-corrected chi connectivity index (χ3v) is 3.95. The predicted molar refractivity (Wildman–Crippen MR) is 75.9 cm³/mol. The molecule has 1 atom stereocenters. The highest BCUT2D eigenvalue weighted by molar-refractivity contribution is 8.14. The quantitative estimate of drug-likeness (QED) is 0.501. The first kappa shape index (κ1) is 15.0. The van der Waals surface area contributed by atoms with Gasteiger partial charge in [-0.3, -0.25) is 0 Å². The maximum Gasteiger partial charge on any atom is 0.272 e. The van der Waals surface area contributed by atoms with Crippen LogP contribution < -0.4 is 0 Å². The van der Waals surface area contributed by atoms with Gasteiger partial charge >= 0.3 is 0 Å². The molecule has 0 fully saturated rings. The summed E-state index contributed by atoms with van der Waals surface area (Å²) in [5.74, 6) is 0. The summed E-state index contributed by atoms with van der Waals surface area (Å²) in [5, 5.41) is 5.10. The first-order valence-corrected chi connectivity index (χ1v) is 8.21. The molecule has 1 aliphatic rings. The van der Waals surface area contributed by atoms with E-state index in [2.05, 4.69) is 18.9 Å². The van der Waals surface area contributed by atoms with Gasteiger partial charge in [-0.15, -0.1) is 5.10 Å². The van der Waals surface area contributed by atoms with Crippen LogP contribution in [0.2, 0.25) is 0 Å². The zero-order valence-corrected chi connectivity index (χ0v) is 12.5. The monoisotopic (exact) mass is 278 g/mol. The maximum atomic E-state index is 5.76. The summed E-state index contributed by atoms with van der Waals surface area (Å²) in [6.07, 6.45) is 6.44. The van der Waals surface area contributed by atoms with Gasteiger partial charge in [0.2, 0.25) is 5.56 Å². The topological polar surface area (TPSA) is 34.1 Å². The fourth-order valence-corrected chi connectivity index (χ4v) is 2.79. The number of hydrogen-bond donors (Lipinski definition) is 0. The van der Waals surface area contributed by atoms with Gasteiger partial charge in [0.15, 0.2) is 0 Å². The molecule has 1 aliphatic heterocycles. The van der Waals surface area contributed by atoms with E-state index in [-0.39, 0.29) is 5.56 Å².